The third kappa shape index (κ3) is 9.29. The lowest BCUT2D eigenvalue weighted by Gasteiger charge is -2.13. The molecule has 3 N–H and O–H groups in total. The average Bonchev–Trinajstić information content (AvgIpc) is 3.30. The smallest absolute Gasteiger partial charge is 0.368 e. The number of allylic oxidation sites excluding steroid dienone is 1. The predicted octanol–water partition coefficient (Wildman–Crippen LogP) is 5.91. The standard InChI is InChI=1S/C24H28ClF3N6O2S/c1-6-7-8-29-19(32-13(2)3)9-14(4)21(35)33-15(5)23-31-12-18(37-23)22(36)34-20-10-16(24(26,27)28)17(25)11-30-20/h7-13,15H,6H2,1-5H3,(H,29,32)(H,33,35)(H,30,34,36)/b8-7+,14-9+. The molecule has 2 aromatic rings. The molecule has 1 unspecified atom stereocenters. The van der Waals surface area contributed by atoms with Crippen LogP contribution in [0, 0.1) is 0 Å². The van der Waals surface area contributed by atoms with Gasteiger partial charge in [0.1, 0.15) is 21.5 Å². The van der Waals surface area contributed by atoms with Crippen molar-refractivity contribution in [2.24, 2.45) is 4.99 Å². The molecule has 0 saturated carbocycles. The van der Waals surface area contributed by atoms with Crippen LogP contribution in [0.2, 0.25) is 5.02 Å². The number of alkyl halides is 3. The minimum Gasteiger partial charge on any atom is -0.368 e. The number of pyridine rings is 1. The third-order valence-corrected chi connectivity index (χ3v) is 6.05. The Hall–Kier alpha value is -3.25. The molecule has 2 aromatic heterocycles. The van der Waals surface area contributed by atoms with Crippen molar-refractivity contribution in [3.8, 4) is 0 Å². The molecule has 0 aliphatic carbocycles. The Morgan fingerprint density at radius 2 is 1.89 bits per heavy atom. The fraction of sp³-hybridized carbons (Fsp3) is 0.375. The van der Waals surface area contributed by atoms with E-state index in [1.807, 2.05) is 26.8 Å². The van der Waals surface area contributed by atoms with Crippen LogP contribution in [0.15, 0.2) is 47.4 Å². The summed E-state index contributed by atoms with van der Waals surface area (Å²) in [6.07, 6.45) is 3.43. The molecule has 8 nitrogen and oxygen atoms in total. The summed E-state index contributed by atoms with van der Waals surface area (Å²) in [5.41, 5.74) is -0.699. The van der Waals surface area contributed by atoms with E-state index in [2.05, 4.69) is 30.9 Å². The highest BCUT2D eigenvalue weighted by Gasteiger charge is 2.34. The van der Waals surface area contributed by atoms with Crippen LogP contribution in [0.5, 0.6) is 0 Å². The number of hydrogen-bond acceptors (Lipinski definition) is 6. The summed E-state index contributed by atoms with van der Waals surface area (Å²) in [6, 6.07) is 0.235. The van der Waals surface area contributed by atoms with Crippen LogP contribution < -0.4 is 16.0 Å². The van der Waals surface area contributed by atoms with Crippen LogP contribution in [0.4, 0.5) is 19.0 Å². The number of aromatic nitrogens is 2. The summed E-state index contributed by atoms with van der Waals surface area (Å²) in [5.74, 6) is -0.809. The Labute approximate surface area is 222 Å². The highest BCUT2D eigenvalue weighted by Crippen LogP contribution is 2.35. The highest BCUT2D eigenvalue weighted by atomic mass is 35.5. The first-order valence-electron chi connectivity index (χ1n) is 11.3. The van der Waals surface area contributed by atoms with Gasteiger partial charge in [-0.2, -0.15) is 13.2 Å². The molecule has 0 saturated heterocycles. The van der Waals surface area contributed by atoms with Crippen molar-refractivity contribution in [3.63, 3.8) is 0 Å². The zero-order valence-corrected chi connectivity index (χ0v) is 22.5. The van der Waals surface area contributed by atoms with Gasteiger partial charge in [-0.15, -0.1) is 11.3 Å². The lowest BCUT2D eigenvalue weighted by molar-refractivity contribution is -0.137. The number of thiazole rings is 1. The molecule has 1 atom stereocenters. The van der Waals surface area contributed by atoms with Gasteiger partial charge in [-0.3, -0.25) is 9.59 Å². The Kier molecular flexibility index (Phi) is 10.8. The van der Waals surface area contributed by atoms with Gasteiger partial charge in [0.15, 0.2) is 0 Å². The van der Waals surface area contributed by atoms with Crippen LogP contribution in [-0.4, -0.2) is 33.7 Å². The summed E-state index contributed by atoms with van der Waals surface area (Å²) in [4.78, 5) is 37.6. The number of halogens is 4. The van der Waals surface area contributed by atoms with Gasteiger partial charge in [0, 0.05) is 24.0 Å². The summed E-state index contributed by atoms with van der Waals surface area (Å²) >= 11 is 6.55. The maximum absolute atomic E-state index is 13.1. The molecule has 13 heteroatoms. The van der Waals surface area contributed by atoms with Crippen molar-refractivity contribution >= 4 is 46.4 Å². The van der Waals surface area contributed by atoms with Crippen LogP contribution in [0.25, 0.3) is 0 Å². The number of rotatable bonds is 9. The number of nitrogens with one attached hydrogen (secondary N) is 3. The van der Waals surface area contributed by atoms with Crippen molar-refractivity contribution in [1.29, 1.82) is 0 Å². The van der Waals surface area contributed by atoms with E-state index < -0.39 is 28.7 Å². The monoisotopic (exact) mass is 556 g/mol. The zero-order valence-electron chi connectivity index (χ0n) is 20.9. The van der Waals surface area contributed by atoms with Gasteiger partial charge in [0.05, 0.1) is 22.8 Å². The lowest BCUT2D eigenvalue weighted by Crippen LogP contribution is -2.31. The van der Waals surface area contributed by atoms with Gasteiger partial charge in [-0.05, 0) is 46.3 Å². The van der Waals surface area contributed by atoms with Gasteiger partial charge >= 0.3 is 6.18 Å². The molecular weight excluding hydrogens is 529 g/mol. The summed E-state index contributed by atoms with van der Waals surface area (Å²) in [7, 11) is 0. The fourth-order valence-corrected chi connectivity index (χ4v) is 3.81. The second kappa shape index (κ2) is 13.3. The molecule has 2 heterocycles. The first-order valence-corrected chi connectivity index (χ1v) is 12.5. The van der Waals surface area contributed by atoms with E-state index in [0.29, 0.717) is 22.5 Å². The van der Waals surface area contributed by atoms with Crippen LogP contribution in [0.1, 0.15) is 67.3 Å². The quantitative estimate of drug-likeness (QED) is 0.202. The van der Waals surface area contributed by atoms with E-state index in [0.717, 1.165) is 24.0 Å². The Bertz CT molecular complexity index is 1210. The van der Waals surface area contributed by atoms with E-state index in [-0.39, 0.29) is 22.6 Å². The third-order valence-electron chi connectivity index (χ3n) is 4.57. The molecule has 0 bridgehead atoms. The molecule has 0 radical (unpaired) electrons. The van der Waals surface area contributed by atoms with Crippen molar-refractivity contribution < 1.29 is 22.8 Å². The van der Waals surface area contributed by atoms with Crippen LogP contribution in [0.3, 0.4) is 0 Å². The maximum Gasteiger partial charge on any atom is 0.418 e. The topological polar surface area (TPSA) is 108 Å². The van der Waals surface area contributed by atoms with Crippen molar-refractivity contribution in [1.82, 2.24) is 20.6 Å². The van der Waals surface area contributed by atoms with Gasteiger partial charge < -0.3 is 16.0 Å². The van der Waals surface area contributed by atoms with Gasteiger partial charge in [-0.25, -0.2) is 15.0 Å². The molecule has 0 aromatic carbocycles. The van der Waals surface area contributed by atoms with Crippen molar-refractivity contribution in [2.45, 2.75) is 59.3 Å². The fourth-order valence-electron chi connectivity index (χ4n) is 2.79. The molecule has 0 spiro atoms. The van der Waals surface area contributed by atoms with E-state index in [1.165, 1.54) is 6.20 Å². The second-order valence-corrected chi connectivity index (χ2v) is 9.66. The van der Waals surface area contributed by atoms with Crippen molar-refractivity contribution in [2.75, 3.05) is 5.32 Å². The number of amidine groups is 1. The Morgan fingerprint density at radius 1 is 1.19 bits per heavy atom. The molecule has 2 amide bonds. The van der Waals surface area contributed by atoms with E-state index in [9.17, 15) is 22.8 Å². The zero-order chi connectivity index (χ0) is 27.8. The van der Waals surface area contributed by atoms with Crippen molar-refractivity contribution in [3.05, 3.63) is 62.9 Å². The largest absolute Gasteiger partial charge is 0.418 e. The normalized spacial score (nSPS) is 13.7. The molecule has 0 fully saturated rings. The molecule has 0 aliphatic rings. The number of carbonyl (C=O) groups excluding carboxylic acids is 2. The molecule has 2 rings (SSSR count). The van der Waals surface area contributed by atoms with Crippen LogP contribution in [-0.2, 0) is 11.0 Å². The minimum atomic E-state index is -4.69. The number of hydrogen-bond donors (Lipinski definition) is 3. The Balaban J connectivity index is 2.09. The number of carbonyl (C=O) groups is 2. The van der Waals surface area contributed by atoms with Gasteiger partial charge in [0.25, 0.3) is 5.91 Å². The highest BCUT2D eigenvalue weighted by molar-refractivity contribution is 7.13. The average molecular weight is 557 g/mol. The number of aliphatic imine (C=N–C) groups is 1. The predicted molar refractivity (Wildman–Crippen MR) is 140 cm³/mol. The lowest BCUT2D eigenvalue weighted by atomic mass is 10.2. The van der Waals surface area contributed by atoms with Gasteiger partial charge in [-0.1, -0.05) is 24.6 Å². The minimum absolute atomic E-state index is 0.114. The molecule has 0 aliphatic heterocycles. The second-order valence-electron chi connectivity index (χ2n) is 8.19. The summed E-state index contributed by atoms with van der Waals surface area (Å²) in [6.45, 7) is 9.26. The van der Waals surface area contributed by atoms with E-state index in [4.69, 9.17) is 11.6 Å². The number of anilines is 1. The molecule has 37 heavy (non-hydrogen) atoms. The number of nitrogens with zero attached hydrogens (tertiary/aromatic N) is 3. The van der Waals surface area contributed by atoms with E-state index >= 15 is 0 Å². The number of amides is 2. The van der Waals surface area contributed by atoms with Gasteiger partial charge in [0.2, 0.25) is 5.91 Å². The Morgan fingerprint density at radius 3 is 2.51 bits per heavy atom. The summed E-state index contributed by atoms with van der Waals surface area (Å²) < 4.78 is 39.2. The first-order chi connectivity index (χ1) is 17.3. The summed E-state index contributed by atoms with van der Waals surface area (Å²) in [5, 5.41) is 8.15. The SMILES string of the molecule is CC/C=C/N=C(\C=C(/C)C(=O)NC(C)c1ncc(C(=O)Nc2cc(C(F)(F)F)c(Cl)cn2)s1)NC(C)C. The van der Waals surface area contributed by atoms with Crippen LogP contribution >= 0.6 is 22.9 Å². The maximum atomic E-state index is 13.1. The first kappa shape index (κ1) is 30.0. The van der Waals surface area contributed by atoms with E-state index in [1.54, 1.807) is 26.1 Å². The molecular formula is C24H28ClF3N6O2S. The molecule has 200 valence electrons.